The van der Waals surface area contributed by atoms with E-state index in [1.165, 1.54) is 13.8 Å². The van der Waals surface area contributed by atoms with E-state index in [4.69, 9.17) is 0 Å². The molecule has 0 aromatic carbocycles. The van der Waals surface area contributed by atoms with Gasteiger partial charge in [0.05, 0.1) is 0 Å². The van der Waals surface area contributed by atoms with Crippen LogP contribution >= 0.6 is 0 Å². The highest BCUT2D eigenvalue weighted by Crippen LogP contribution is 1.73. The standard InChI is InChI=1S/C4H6O3.CH/c1-3(5)7-4(2)6;/h1-2H3;1H. The zero-order valence-corrected chi connectivity index (χ0v) is 4.80. The van der Waals surface area contributed by atoms with Crippen LogP contribution in [0.15, 0.2) is 0 Å². The van der Waals surface area contributed by atoms with Crippen LogP contribution in [-0.4, -0.2) is 11.9 Å². The van der Waals surface area contributed by atoms with Gasteiger partial charge in [-0.15, -0.1) is 0 Å². The van der Waals surface area contributed by atoms with Crippen LogP contribution in [0.5, 0.6) is 0 Å². The molecule has 0 amide bonds. The van der Waals surface area contributed by atoms with Crippen molar-refractivity contribution in [1.29, 1.82) is 0 Å². The van der Waals surface area contributed by atoms with Crippen molar-refractivity contribution in [3.63, 3.8) is 0 Å². The Balaban J connectivity index is 0. The molecule has 0 fully saturated rings. The maximum atomic E-state index is 9.81. The third kappa shape index (κ3) is 8.94. The fourth-order valence-corrected chi connectivity index (χ4v) is 0.202. The molecule has 0 spiro atoms. The third-order valence-corrected chi connectivity index (χ3v) is 0.287. The minimum absolute atomic E-state index is 0. The van der Waals surface area contributed by atoms with E-state index in [-0.39, 0.29) is 7.43 Å². The molecule has 0 aromatic heterocycles. The van der Waals surface area contributed by atoms with Crippen LogP contribution < -0.4 is 0 Å². The van der Waals surface area contributed by atoms with Gasteiger partial charge in [0, 0.05) is 13.8 Å². The first-order valence-corrected chi connectivity index (χ1v) is 1.82. The Bertz CT molecular complexity index is 83.8. The van der Waals surface area contributed by atoms with Crippen molar-refractivity contribution in [2.75, 3.05) is 0 Å². The van der Waals surface area contributed by atoms with E-state index in [2.05, 4.69) is 4.74 Å². The molecule has 0 aromatic rings. The largest absolute Gasteiger partial charge is 0.394 e. The zero-order valence-electron chi connectivity index (χ0n) is 4.80. The average Bonchev–Trinajstić information content (AvgIpc) is 1.27. The monoisotopic (exact) mass is 115 g/mol. The minimum Gasteiger partial charge on any atom is -0.394 e. The first-order chi connectivity index (χ1) is 3.13. The van der Waals surface area contributed by atoms with Crippen molar-refractivity contribution >= 4 is 11.9 Å². The second-order valence-electron chi connectivity index (χ2n) is 1.09. The van der Waals surface area contributed by atoms with Gasteiger partial charge in [-0.05, 0) is 7.43 Å². The molecule has 0 atom stereocenters. The van der Waals surface area contributed by atoms with Gasteiger partial charge in [0.2, 0.25) is 0 Å². The first-order valence-electron chi connectivity index (χ1n) is 1.82. The Hall–Kier alpha value is -0.860. The summed E-state index contributed by atoms with van der Waals surface area (Å²) in [6, 6.07) is 0. The molecule has 0 aliphatic carbocycles. The number of esters is 2. The number of hydrogen-bond donors (Lipinski definition) is 0. The van der Waals surface area contributed by atoms with Gasteiger partial charge < -0.3 is 4.74 Å². The highest BCUT2D eigenvalue weighted by molar-refractivity contribution is 5.82. The van der Waals surface area contributed by atoms with Crippen LogP contribution in [0.1, 0.15) is 13.8 Å². The molecule has 3 nitrogen and oxygen atoms in total. The van der Waals surface area contributed by atoms with Gasteiger partial charge in [-0.2, -0.15) is 0 Å². The lowest BCUT2D eigenvalue weighted by Gasteiger charge is -1.87. The van der Waals surface area contributed by atoms with Gasteiger partial charge >= 0.3 is 11.9 Å². The summed E-state index contributed by atoms with van der Waals surface area (Å²) in [5.41, 5.74) is 0. The number of carbonyl (C=O) groups is 2. The molecule has 45 valence electrons. The number of ether oxygens (including phenoxy) is 1. The maximum Gasteiger partial charge on any atom is 0.310 e. The molecular weight excluding hydrogens is 108 g/mol. The molecule has 8 heavy (non-hydrogen) atoms. The van der Waals surface area contributed by atoms with Crippen molar-refractivity contribution in [3.8, 4) is 0 Å². The van der Waals surface area contributed by atoms with E-state index in [0.717, 1.165) is 0 Å². The molecule has 0 unspecified atom stereocenters. The number of hydrogen-bond acceptors (Lipinski definition) is 3. The smallest absolute Gasteiger partial charge is 0.310 e. The van der Waals surface area contributed by atoms with Gasteiger partial charge in [-0.3, -0.25) is 9.59 Å². The fourth-order valence-electron chi connectivity index (χ4n) is 0.202. The highest BCUT2D eigenvalue weighted by atomic mass is 16.6. The molecule has 0 aliphatic heterocycles. The quantitative estimate of drug-likeness (QED) is 0.337. The Morgan fingerprint density at radius 2 is 1.38 bits per heavy atom. The van der Waals surface area contributed by atoms with Gasteiger partial charge in [0.15, 0.2) is 0 Å². The maximum absolute atomic E-state index is 9.81. The fraction of sp³-hybridized carbons (Fsp3) is 0.400. The predicted octanol–water partition coefficient (Wildman–Crippen LogP) is 0.300. The van der Waals surface area contributed by atoms with Crippen molar-refractivity contribution < 1.29 is 14.3 Å². The molecule has 3 heteroatoms. The Labute approximate surface area is 48.6 Å². The van der Waals surface area contributed by atoms with E-state index in [0.29, 0.717) is 0 Å². The van der Waals surface area contributed by atoms with Crippen LogP contribution in [0.2, 0.25) is 0 Å². The third-order valence-electron chi connectivity index (χ3n) is 0.287. The number of rotatable bonds is 0. The lowest BCUT2D eigenvalue weighted by atomic mass is 10.7. The van der Waals surface area contributed by atoms with Crippen molar-refractivity contribution in [2.45, 2.75) is 13.8 Å². The average molecular weight is 115 g/mol. The molecule has 0 N–H and O–H groups in total. The predicted molar refractivity (Wildman–Crippen MR) is 26.7 cm³/mol. The van der Waals surface area contributed by atoms with Gasteiger partial charge in [-0.25, -0.2) is 0 Å². The second-order valence-corrected chi connectivity index (χ2v) is 1.09. The molecule has 0 saturated heterocycles. The SMILES string of the molecule is CC(=O)OC(C)=O.[CH]. The van der Waals surface area contributed by atoms with Crippen LogP contribution in [0.25, 0.3) is 0 Å². The molecule has 0 rings (SSSR count). The molecule has 0 aliphatic rings. The van der Waals surface area contributed by atoms with E-state index in [1.807, 2.05) is 0 Å². The van der Waals surface area contributed by atoms with Gasteiger partial charge in [-0.1, -0.05) is 0 Å². The number of carbonyl (C=O) groups excluding carboxylic acids is 2. The van der Waals surface area contributed by atoms with Crippen LogP contribution in [0.3, 0.4) is 0 Å². The van der Waals surface area contributed by atoms with Crippen molar-refractivity contribution in [1.82, 2.24) is 0 Å². The van der Waals surface area contributed by atoms with E-state index in [1.54, 1.807) is 0 Å². The zero-order chi connectivity index (χ0) is 5.86. The lowest BCUT2D eigenvalue weighted by molar-refractivity contribution is -0.156. The van der Waals surface area contributed by atoms with Crippen LogP contribution in [0, 0.1) is 7.43 Å². The first kappa shape index (κ1) is 10.2. The summed E-state index contributed by atoms with van der Waals surface area (Å²) < 4.78 is 3.97. The Morgan fingerprint density at radius 3 is 1.38 bits per heavy atom. The summed E-state index contributed by atoms with van der Waals surface area (Å²) >= 11 is 0. The Morgan fingerprint density at radius 1 is 1.12 bits per heavy atom. The second kappa shape index (κ2) is 4.30. The van der Waals surface area contributed by atoms with E-state index >= 15 is 0 Å². The summed E-state index contributed by atoms with van der Waals surface area (Å²) in [6.07, 6.45) is 0. The highest BCUT2D eigenvalue weighted by Gasteiger charge is 1.93. The molecule has 3 radical (unpaired) electrons. The van der Waals surface area contributed by atoms with E-state index in [9.17, 15) is 9.59 Å². The van der Waals surface area contributed by atoms with Crippen molar-refractivity contribution in [2.24, 2.45) is 0 Å². The normalized spacial score (nSPS) is 6.75. The summed E-state index contributed by atoms with van der Waals surface area (Å²) in [5, 5.41) is 0. The minimum atomic E-state index is -0.562. The van der Waals surface area contributed by atoms with Crippen LogP contribution in [-0.2, 0) is 14.3 Å². The van der Waals surface area contributed by atoms with Gasteiger partial charge in [0.1, 0.15) is 0 Å². The molecule has 0 heterocycles. The van der Waals surface area contributed by atoms with Gasteiger partial charge in [0.25, 0.3) is 0 Å². The summed E-state index contributed by atoms with van der Waals surface area (Å²) in [7, 11) is 0. The van der Waals surface area contributed by atoms with Crippen molar-refractivity contribution in [3.05, 3.63) is 7.43 Å². The summed E-state index contributed by atoms with van der Waals surface area (Å²) in [6.45, 7) is 2.36. The molecular formula is C5H7O3. The summed E-state index contributed by atoms with van der Waals surface area (Å²) in [5.74, 6) is -1.12. The molecule has 0 saturated carbocycles. The Kier molecular flexibility index (Phi) is 5.48. The topological polar surface area (TPSA) is 43.4 Å². The van der Waals surface area contributed by atoms with E-state index < -0.39 is 11.9 Å². The molecule has 0 bridgehead atoms. The summed E-state index contributed by atoms with van der Waals surface area (Å²) in [4.78, 5) is 19.6. The van der Waals surface area contributed by atoms with Crippen LogP contribution in [0.4, 0.5) is 0 Å². The lowest BCUT2D eigenvalue weighted by Crippen LogP contribution is -2.03.